The van der Waals surface area contributed by atoms with Gasteiger partial charge in [0.05, 0.1) is 26.6 Å². The van der Waals surface area contributed by atoms with Crippen LogP contribution in [0.5, 0.6) is 0 Å². The molecule has 2 aromatic rings. The summed E-state index contributed by atoms with van der Waals surface area (Å²) in [6.45, 7) is 3.59. The molecule has 2 radical (unpaired) electrons. The molecule has 0 fully saturated rings. The van der Waals surface area contributed by atoms with Gasteiger partial charge in [-0.1, -0.05) is 36.2 Å². The maximum Gasteiger partial charge on any atom is 0.277 e. The van der Waals surface area contributed by atoms with Gasteiger partial charge in [0.15, 0.2) is 0 Å². The van der Waals surface area contributed by atoms with Gasteiger partial charge in [-0.2, -0.15) is 0 Å². The first-order chi connectivity index (χ1) is 11.3. The predicted octanol–water partition coefficient (Wildman–Crippen LogP) is 5.33. The predicted molar refractivity (Wildman–Crippen MR) is 96.6 cm³/mol. The highest BCUT2D eigenvalue weighted by molar-refractivity contribution is 6.42. The first kappa shape index (κ1) is 18.7. The van der Waals surface area contributed by atoms with Crippen LogP contribution in [0.15, 0.2) is 30.3 Å². The fourth-order valence-corrected chi connectivity index (χ4v) is 2.90. The first-order valence-corrected chi connectivity index (χ1v) is 8.27. The van der Waals surface area contributed by atoms with Gasteiger partial charge in [0, 0.05) is 12.5 Å². The summed E-state index contributed by atoms with van der Waals surface area (Å²) in [7, 11) is 0. The summed E-state index contributed by atoms with van der Waals surface area (Å²) < 4.78 is 0. The monoisotopic (exact) mass is 365 g/mol. The zero-order valence-electron chi connectivity index (χ0n) is 13.3. The Balaban J connectivity index is 2.70. The average molecular weight is 366 g/mol. The molecule has 1 atom stereocenters. The minimum absolute atomic E-state index is 0.0260. The summed E-state index contributed by atoms with van der Waals surface area (Å²) in [6.07, 6.45) is 3.53. The molecular formula is C18H17Cl2NO3. The van der Waals surface area contributed by atoms with E-state index in [0.717, 1.165) is 5.56 Å². The SMILES string of the molecule is CC[C]c1ccc([N+](=O)[O-])c(-c2cc(Cl)c(Cl)cc2CC(C)O)c1. The van der Waals surface area contributed by atoms with Crippen molar-refractivity contribution in [3.63, 3.8) is 0 Å². The summed E-state index contributed by atoms with van der Waals surface area (Å²) in [5.74, 6) is 0. The smallest absolute Gasteiger partial charge is 0.277 e. The fourth-order valence-electron chi connectivity index (χ4n) is 2.55. The van der Waals surface area contributed by atoms with Crippen LogP contribution in [0.2, 0.25) is 10.0 Å². The van der Waals surface area contributed by atoms with Crippen LogP contribution >= 0.6 is 23.2 Å². The molecule has 2 rings (SSSR count). The molecule has 0 aliphatic rings. The van der Waals surface area contributed by atoms with Crippen LogP contribution < -0.4 is 0 Å². The molecule has 1 unspecified atom stereocenters. The van der Waals surface area contributed by atoms with Crippen LogP contribution in [0.4, 0.5) is 5.69 Å². The van der Waals surface area contributed by atoms with E-state index in [9.17, 15) is 15.2 Å². The molecule has 24 heavy (non-hydrogen) atoms. The number of nitrogens with zero attached hydrogens (tertiary/aromatic N) is 1. The van der Waals surface area contributed by atoms with Gasteiger partial charge in [-0.25, -0.2) is 0 Å². The molecule has 0 bridgehead atoms. The van der Waals surface area contributed by atoms with E-state index in [2.05, 4.69) is 6.42 Å². The molecule has 6 heteroatoms. The minimum atomic E-state index is -0.614. The van der Waals surface area contributed by atoms with Crippen molar-refractivity contribution in [2.75, 3.05) is 0 Å². The van der Waals surface area contributed by atoms with Crippen molar-refractivity contribution in [3.05, 3.63) is 68.0 Å². The number of rotatable bonds is 6. The second-order valence-electron chi connectivity index (χ2n) is 5.50. The number of aliphatic hydroxyl groups excluding tert-OH is 1. The van der Waals surface area contributed by atoms with Gasteiger partial charge in [0.1, 0.15) is 0 Å². The number of halogens is 2. The van der Waals surface area contributed by atoms with E-state index < -0.39 is 11.0 Å². The molecule has 0 saturated carbocycles. The van der Waals surface area contributed by atoms with Crippen molar-refractivity contribution >= 4 is 28.9 Å². The average Bonchev–Trinajstić information content (AvgIpc) is 2.50. The van der Waals surface area contributed by atoms with Crippen molar-refractivity contribution in [1.29, 1.82) is 0 Å². The third kappa shape index (κ3) is 4.26. The third-order valence-electron chi connectivity index (χ3n) is 3.53. The van der Waals surface area contributed by atoms with Crippen LogP contribution in [0.1, 0.15) is 31.4 Å². The molecule has 0 amide bonds. The summed E-state index contributed by atoms with van der Waals surface area (Å²) in [4.78, 5) is 11.0. The largest absolute Gasteiger partial charge is 0.393 e. The van der Waals surface area contributed by atoms with E-state index in [4.69, 9.17) is 23.2 Å². The Bertz CT molecular complexity index is 760. The molecule has 4 nitrogen and oxygen atoms in total. The Hall–Kier alpha value is -1.62. The number of hydrogen-bond acceptors (Lipinski definition) is 3. The lowest BCUT2D eigenvalue weighted by molar-refractivity contribution is -0.384. The molecule has 0 heterocycles. The van der Waals surface area contributed by atoms with E-state index >= 15 is 0 Å². The number of aliphatic hydroxyl groups is 1. The number of nitro benzene ring substituents is 1. The summed E-state index contributed by atoms with van der Waals surface area (Å²) in [6, 6.07) is 8.10. The van der Waals surface area contributed by atoms with E-state index in [-0.39, 0.29) is 5.69 Å². The molecule has 0 aliphatic heterocycles. The first-order valence-electron chi connectivity index (χ1n) is 7.52. The van der Waals surface area contributed by atoms with Crippen LogP contribution in [-0.4, -0.2) is 16.1 Å². The Kier molecular flexibility index (Phi) is 6.21. The van der Waals surface area contributed by atoms with Crippen molar-refractivity contribution in [2.45, 2.75) is 32.8 Å². The Morgan fingerprint density at radius 3 is 2.46 bits per heavy atom. The van der Waals surface area contributed by atoms with Gasteiger partial charge < -0.3 is 5.11 Å². The van der Waals surface area contributed by atoms with Gasteiger partial charge >= 0.3 is 0 Å². The van der Waals surface area contributed by atoms with Gasteiger partial charge in [0.25, 0.3) is 5.69 Å². The van der Waals surface area contributed by atoms with E-state index in [0.29, 0.717) is 39.6 Å². The zero-order valence-corrected chi connectivity index (χ0v) is 14.9. The summed E-state index contributed by atoms with van der Waals surface area (Å²) in [5, 5.41) is 21.8. The van der Waals surface area contributed by atoms with Crippen LogP contribution in [0, 0.1) is 16.5 Å². The van der Waals surface area contributed by atoms with Gasteiger partial charge in [-0.15, -0.1) is 0 Å². The highest BCUT2D eigenvalue weighted by atomic mass is 35.5. The normalized spacial score (nSPS) is 12.2. The second kappa shape index (κ2) is 7.97. The molecule has 2 aromatic carbocycles. The van der Waals surface area contributed by atoms with Crippen molar-refractivity contribution in [1.82, 2.24) is 0 Å². The van der Waals surface area contributed by atoms with Crippen LogP contribution in [0.3, 0.4) is 0 Å². The van der Waals surface area contributed by atoms with Gasteiger partial charge in [-0.05, 0) is 54.7 Å². The molecule has 0 saturated heterocycles. The third-order valence-corrected chi connectivity index (χ3v) is 4.25. The lowest BCUT2D eigenvalue weighted by atomic mass is 9.93. The highest BCUT2D eigenvalue weighted by Crippen LogP contribution is 2.38. The van der Waals surface area contributed by atoms with Crippen molar-refractivity contribution < 1.29 is 10.0 Å². The van der Waals surface area contributed by atoms with E-state index in [1.54, 1.807) is 31.2 Å². The maximum atomic E-state index is 11.4. The van der Waals surface area contributed by atoms with E-state index in [1.165, 1.54) is 6.07 Å². The molecule has 0 aliphatic carbocycles. The lowest BCUT2D eigenvalue weighted by Crippen LogP contribution is -2.06. The maximum absolute atomic E-state index is 11.4. The number of nitro groups is 1. The van der Waals surface area contributed by atoms with Crippen molar-refractivity contribution in [3.8, 4) is 11.1 Å². The lowest BCUT2D eigenvalue weighted by Gasteiger charge is -2.14. The van der Waals surface area contributed by atoms with E-state index in [1.807, 2.05) is 6.92 Å². The van der Waals surface area contributed by atoms with Crippen LogP contribution in [0.25, 0.3) is 11.1 Å². The highest BCUT2D eigenvalue weighted by Gasteiger charge is 2.20. The Morgan fingerprint density at radius 2 is 1.88 bits per heavy atom. The Morgan fingerprint density at radius 1 is 1.21 bits per heavy atom. The number of hydrogen-bond donors (Lipinski definition) is 1. The number of benzene rings is 2. The Labute approximate surface area is 151 Å². The minimum Gasteiger partial charge on any atom is -0.393 e. The quantitative estimate of drug-likeness (QED) is 0.555. The summed E-state index contributed by atoms with van der Waals surface area (Å²) in [5.41, 5.74) is 2.48. The molecule has 1 N–H and O–H groups in total. The zero-order chi connectivity index (χ0) is 17.9. The van der Waals surface area contributed by atoms with Gasteiger partial charge in [0.2, 0.25) is 0 Å². The summed E-state index contributed by atoms with van der Waals surface area (Å²) >= 11 is 12.2. The topological polar surface area (TPSA) is 63.4 Å². The molecule has 126 valence electrons. The van der Waals surface area contributed by atoms with Crippen molar-refractivity contribution in [2.24, 2.45) is 0 Å². The molecular weight excluding hydrogens is 349 g/mol. The molecule has 0 aromatic heterocycles. The fraction of sp³-hybridized carbons (Fsp3) is 0.278. The van der Waals surface area contributed by atoms with Gasteiger partial charge in [-0.3, -0.25) is 10.1 Å². The molecule has 0 spiro atoms. The van der Waals surface area contributed by atoms with Crippen LogP contribution in [-0.2, 0) is 6.42 Å². The standard InChI is InChI=1S/C18H17Cl2NO3/c1-3-4-12-5-6-18(21(23)24)15(8-12)14-10-17(20)16(19)9-13(14)7-11(2)22/h5-6,8-11,22H,3,7H2,1-2H3. The second-order valence-corrected chi connectivity index (χ2v) is 6.31.